The van der Waals surface area contributed by atoms with Crippen molar-refractivity contribution in [3.05, 3.63) is 69.1 Å². The lowest BCUT2D eigenvalue weighted by Crippen LogP contribution is -2.52. The van der Waals surface area contributed by atoms with Gasteiger partial charge < -0.3 is 40.5 Å². The third kappa shape index (κ3) is 4.86. The minimum atomic E-state index is -1.08. The van der Waals surface area contributed by atoms with Crippen molar-refractivity contribution >= 4 is 16.9 Å². The van der Waals surface area contributed by atoms with Crippen molar-refractivity contribution in [1.82, 2.24) is 5.32 Å². The molecule has 224 valence electrons. The summed E-state index contributed by atoms with van der Waals surface area (Å²) in [5, 5.41) is 14.9. The molecule has 3 aromatic rings. The lowest BCUT2D eigenvalue weighted by atomic mass is 9.75. The molecule has 0 saturated carbocycles. The quantitative estimate of drug-likeness (QED) is 0.201. The van der Waals surface area contributed by atoms with Crippen molar-refractivity contribution in [1.29, 1.82) is 0 Å². The number of phenolic OH excluding ortho intramolecular Hbond substituents is 1. The van der Waals surface area contributed by atoms with Gasteiger partial charge in [0.15, 0.2) is 11.0 Å². The number of carbonyl (C=O) groups is 1. The van der Waals surface area contributed by atoms with Crippen LogP contribution in [-0.4, -0.2) is 48.1 Å². The summed E-state index contributed by atoms with van der Waals surface area (Å²) in [6.45, 7) is 6.13. The second-order valence-electron chi connectivity index (χ2n) is 12.5. The molecule has 5 atom stereocenters. The molecule has 0 unspecified atom stereocenters. The van der Waals surface area contributed by atoms with Gasteiger partial charge in [-0.1, -0.05) is 24.3 Å². The summed E-state index contributed by atoms with van der Waals surface area (Å²) in [6, 6.07) is 10.7. The molecule has 42 heavy (non-hydrogen) atoms. The number of epoxide rings is 1. The third-order valence-corrected chi connectivity index (χ3v) is 9.07. The van der Waals surface area contributed by atoms with E-state index in [9.17, 15) is 14.7 Å². The number of rotatable bonds is 5. The van der Waals surface area contributed by atoms with Crippen LogP contribution in [0, 0.1) is 12.8 Å². The average molecular weight is 578 g/mol. The highest BCUT2D eigenvalue weighted by Crippen LogP contribution is 2.54. The standard InChI is InChI=1S/C32H39N3O7/c1-16-10-21(36)26-22(39-16)14-23-25(27(26)37)20-12-18(15-35-4)8-9-32(30(38)40-28(20)31(2,3)41-23)24(42-32)13-17-6-5-7-19(11-17)29(33)34/h5-7,10-11,14,18,20,24,28-29,35,37H,8-9,12-13,15,33-34H2,1-4H3/t18-,20-,24-,28-,32-/m1/s1. The van der Waals surface area contributed by atoms with Gasteiger partial charge in [-0.05, 0) is 70.7 Å². The Labute approximate surface area is 244 Å². The number of carbonyl (C=O) groups excluding carboxylic acids is 1. The molecule has 1 spiro atoms. The number of esters is 1. The van der Waals surface area contributed by atoms with Gasteiger partial charge in [-0.15, -0.1) is 0 Å². The zero-order chi connectivity index (χ0) is 30.0. The minimum Gasteiger partial charge on any atom is -0.507 e. The molecule has 6 N–H and O–H groups in total. The van der Waals surface area contributed by atoms with Gasteiger partial charge in [0.2, 0.25) is 0 Å². The van der Waals surface area contributed by atoms with E-state index >= 15 is 0 Å². The molecule has 0 bridgehead atoms. The highest BCUT2D eigenvalue weighted by atomic mass is 16.7. The number of hydrogen-bond acceptors (Lipinski definition) is 10. The molecule has 2 aromatic carbocycles. The number of phenols is 1. The average Bonchev–Trinajstić information content (AvgIpc) is 3.60. The first-order valence-corrected chi connectivity index (χ1v) is 14.6. The predicted octanol–water partition coefficient (Wildman–Crippen LogP) is 3.29. The van der Waals surface area contributed by atoms with Crippen molar-refractivity contribution < 1.29 is 28.5 Å². The Morgan fingerprint density at radius 2 is 1.95 bits per heavy atom. The summed E-state index contributed by atoms with van der Waals surface area (Å²) in [6.07, 6.45) is 0.641. The monoisotopic (exact) mass is 577 g/mol. The fourth-order valence-electron chi connectivity index (χ4n) is 6.96. The zero-order valence-electron chi connectivity index (χ0n) is 24.4. The highest BCUT2D eigenvalue weighted by molar-refractivity contribution is 5.88. The SMILES string of the molecule is CNC[C@@H]1CC[C@]2(O[C@@H]2Cc2cccc(C(N)N)c2)C(=O)O[C@@H]2[C@H](C1)c1c(cc3oc(C)cc(=O)c3c1O)OC2(C)C. The van der Waals surface area contributed by atoms with Crippen LogP contribution < -0.4 is 26.9 Å². The molecule has 0 radical (unpaired) electrons. The number of nitrogens with one attached hydrogen (secondary N) is 1. The van der Waals surface area contributed by atoms with Crippen LogP contribution >= 0.6 is 0 Å². The van der Waals surface area contributed by atoms with Crippen LogP contribution in [0.5, 0.6) is 11.5 Å². The van der Waals surface area contributed by atoms with Crippen LogP contribution in [0.2, 0.25) is 0 Å². The molecule has 1 aromatic heterocycles. The molecule has 3 aliphatic rings. The molecule has 10 nitrogen and oxygen atoms in total. The molecule has 4 heterocycles. The van der Waals surface area contributed by atoms with Crippen LogP contribution in [-0.2, 0) is 20.7 Å². The number of nitrogens with two attached hydrogens (primary N) is 2. The van der Waals surface area contributed by atoms with Crippen LogP contribution in [0.3, 0.4) is 0 Å². The van der Waals surface area contributed by atoms with E-state index < -0.39 is 35.4 Å². The van der Waals surface area contributed by atoms with Gasteiger partial charge in [0.05, 0.1) is 6.17 Å². The van der Waals surface area contributed by atoms with Gasteiger partial charge in [-0.25, -0.2) is 4.79 Å². The topological polar surface area (TPSA) is 163 Å². The first-order chi connectivity index (χ1) is 19.9. The summed E-state index contributed by atoms with van der Waals surface area (Å²) in [4.78, 5) is 26.9. The smallest absolute Gasteiger partial charge is 0.341 e. The van der Waals surface area contributed by atoms with E-state index in [2.05, 4.69) is 5.32 Å². The summed E-state index contributed by atoms with van der Waals surface area (Å²) >= 11 is 0. The largest absolute Gasteiger partial charge is 0.507 e. The normalized spacial score (nSPS) is 28.3. The summed E-state index contributed by atoms with van der Waals surface area (Å²) < 4.78 is 24.7. The van der Waals surface area contributed by atoms with Gasteiger partial charge in [0, 0.05) is 30.0 Å². The van der Waals surface area contributed by atoms with E-state index in [4.69, 9.17) is 30.1 Å². The third-order valence-electron chi connectivity index (χ3n) is 9.07. The van der Waals surface area contributed by atoms with E-state index in [-0.39, 0.29) is 34.2 Å². The Morgan fingerprint density at radius 1 is 1.17 bits per heavy atom. The number of aryl methyl sites for hydroxylation is 1. The van der Waals surface area contributed by atoms with Crippen molar-refractivity contribution in [2.24, 2.45) is 17.4 Å². The molecular weight excluding hydrogens is 538 g/mol. The molecule has 10 heteroatoms. The molecule has 0 amide bonds. The molecule has 3 aliphatic heterocycles. The molecular formula is C32H39N3O7. The number of hydrogen-bond donors (Lipinski definition) is 4. The van der Waals surface area contributed by atoms with E-state index in [1.165, 1.54) is 6.07 Å². The summed E-state index contributed by atoms with van der Waals surface area (Å²) in [5.74, 6) is -0.0583. The minimum absolute atomic E-state index is 0.0965. The highest BCUT2D eigenvalue weighted by Gasteiger charge is 2.65. The predicted molar refractivity (Wildman–Crippen MR) is 156 cm³/mol. The fourth-order valence-corrected chi connectivity index (χ4v) is 6.96. The number of fused-ring (bicyclic) bond motifs is 4. The number of aromatic hydroxyl groups is 1. The van der Waals surface area contributed by atoms with Gasteiger partial charge in [0.1, 0.15) is 46.0 Å². The number of benzene rings is 2. The van der Waals surface area contributed by atoms with Crippen molar-refractivity contribution in [2.45, 2.75) is 81.9 Å². The molecule has 2 fully saturated rings. The maximum Gasteiger partial charge on any atom is 0.341 e. The van der Waals surface area contributed by atoms with Gasteiger partial charge in [-0.2, -0.15) is 0 Å². The van der Waals surface area contributed by atoms with E-state index in [0.29, 0.717) is 49.3 Å². The number of ether oxygens (including phenoxy) is 3. The van der Waals surface area contributed by atoms with Gasteiger partial charge in [0.25, 0.3) is 0 Å². The second-order valence-corrected chi connectivity index (χ2v) is 12.5. The van der Waals surface area contributed by atoms with Crippen LogP contribution in [0.25, 0.3) is 11.0 Å². The van der Waals surface area contributed by atoms with E-state index in [0.717, 1.165) is 11.1 Å². The van der Waals surface area contributed by atoms with Gasteiger partial charge in [-0.3, -0.25) is 4.79 Å². The molecule has 0 aliphatic carbocycles. The molecule has 6 rings (SSSR count). The Balaban J connectivity index is 1.39. The maximum absolute atomic E-state index is 14.0. The summed E-state index contributed by atoms with van der Waals surface area (Å²) in [5.41, 5.74) is 11.9. The van der Waals surface area contributed by atoms with Crippen LogP contribution in [0.15, 0.2) is 45.6 Å². The van der Waals surface area contributed by atoms with Gasteiger partial charge >= 0.3 is 5.97 Å². The maximum atomic E-state index is 14.0. The van der Waals surface area contributed by atoms with Crippen molar-refractivity contribution in [3.8, 4) is 11.5 Å². The van der Waals surface area contributed by atoms with Crippen molar-refractivity contribution in [3.63, 3.8) is 0 Å². The zero-order valence-corrected chi connectivity index (χ0v) is 24.4. The Hall–Kier alpha value is -3.44. The Morgan fingerprint density at radius 3 is 2.69 bits per heavy atom. The fraction of sp³-hybridized carbons (Fsp3) is 0.500. The van der Waals surface area contributed by atoms with Crippen molar-refractivity contribution in [2.75, 3.05) is 13.6 Å². The first kappa shape index (κ1) is 28.7. The molecule has 2 saturated heterocycles. The lowest BCUT2D eigenvalue weighted by Gasteiger charge is -2.45. The Bertz CT molecular complexity index is 1600. The lowest BCUT2D eigenvalue weighted by molar-refractivity contribution is -0.170. The summed E-state index contributed by atoms with van der Waals surface area (Å²) in [7, 11) is 1.90. The van der Waals surface area contributed by atoms with Crippen LogP contribution in [0.4, 0.5) is 0 Å². The van der Waals surface area contributed by atoms with E-state index in [1.807, 2.05) is 45.2 Å². The second kappa shape index (κ2) is 10.4. The first-order valence-electron chi connectivity index (χ1n) is 14.6. The van der Waals surface area contributed by atoms with E-state index in [1.54, 1.807) is 13.0 Å². The Kier molecular flexibility index (Phi) is 7.08. The van der Waals surface area contributed by atoms with Crippen LogP contribution in [0.1, 0.15) is 67.6 Å².